The van der Waals surface area contributed by atoms with Crippen molar-refractivity contribution in [2.75, 3.05) is 47.5 Å². The van der Waals surface area contributed by atoms with Crippen LogP contribution in [0.4, 0.5) is 0 Å². The third-order valence-corrected chi connectivity index (χ3v) is 7.02. The molecule has 0 unspecified atom stereocenters. The van der Waals surface area contributed by atoms with Gasteiger partial charge in [0.2, 0.25) is 0 Å². The van der Waals surface area contributed by atoms with E-state index in [9.17, 15) is 4.79 Å². The third kappa shape index (κ3) is 6.67. The Bertz CT molecular complexity index is 788. The van der Waals surface area contributed by atoms with Crippen molar-refractivity contribution in [2.24, 2.45) is 10.9 Å². The van der Waals surface area contributed by atoms with Crippen molar-refractivity contribution in [3.8, 4) is 11.5 Å². The molecule has 3 rings (SSSR count). The number of nitrogens with zero attached hydrogens (tertiary/aromatic N) is 2. The van der Waals surface area contributed by atoms with Gasteiger partial charge in [-0.2, -0.15) is 0 Å². The van der Waals surface area contributed by atoms with E-state index in [2.05, 4.69) is 27.3 Å². The molecule has 7 nitrogen and oxygen atoms in total. The number of piperidine rings is 1. The summed E-state index contributed by atoms with van der Waals surface area (Å²) in [5.74, 6) is 2.39. The van der Waals surface area contributed by atoms with Crippen molar-refractivity contribution in [3.63, 3.8) is 0 Å². The van der Waals surface area contributed by atoms with Crippen LogP contribution in [0.3, 0.4) is 0 Å². The average Bonchev–Trinajstić information content (AvgIpc) is 2.85. The maximum Gasteiger partial charge on any atom is 0.309 e. The molecule has 0 atom stereocenters. The van der Waals surface area contributed by atoms with Crippen LogP contribution in [0.5, 0.6) is 11.5 Å². The molecule has 1 heterocycles. The Kier molecular flexibility index (Phi) is 11.1. The summed E-state index contributed by atoms with van der Waals surface area (Å²) in [6.45, 7) is 4.75. The molecule has 1 N–H and O–H groups in total. The van der Waals surface area contributed by atoms with Gasteiger partial charge in [-0.15, -0.1) is 24.0 Å². The van der Waals surface area contributed by atoms with E-state index in [0.29, 0.717) is 6.61 Å². The van der Waals surface area contributed by atoms with Crippen molar-refractivity contribution >= 4 is 35.9 Å². The molecule has 1 aliphatic heterocycles. The zero-order valence-corrected chi connectivity index (χ0v) is 22.9. The number of carbonyl (C=O) groups is 1. The highest BCUT2D eigenvalue weighted by molar-refractivity contribution is 14.0. The molecule has 0 aromatic heterocycles. The van der Waals surface area contributed by atoms with Crippen LogP contribution in [0.1, 0.15) is 57.4 Å². The summed E-state index contributed by atoms with van der Waals surface area (Å²) in [7, 11) is 5.20. The molecule has 2 fully saturated rings. The molecule has 1 aromatic rings. The maximum atomic E-state index is 12.1. The fraction of sp³-hybridized carbons (Fsp3) is 0.680. The lowest BCUT2D eigenvalue weighted by molar-refractivity contribution is -0.149. The van der Waals surface area contributed by atoms with E-state index in [1.165, 1.54) is 24.8 Å². The van der Waals surface area contributed by atoms with Gasteiger partial charge in [0.1, 0.15) is 0 Å². The van der Waals surface area contributed by atoms with E-state index < -0.39 is 0 Å². The number of nitrogens with one attached hydrogen (secondary N) is 1. The highest BCUT2D eigenvalue weighted by Crippen LogP contribution is 2.42. The number of benzene rings is 1. The molecular formula is C25H40IN3O4. The molecule has 0 bridgehead atoms. The fourth-order valence-corrected chi connectivity index (χ4v) is 5.13. The van der Waals surface area contributed by atoms with Crippen molar-refractivity contribution in [2.45, 2.75) is 57.3 Å². The number of hydrogen-bond acceptors (Lipinski definition) is 5. The number of carbonyl (C=O) groups excluding carboxylic acids is 1. The predicted octanol–water partition coefficient (Wildman–Crippen LogP) is 4.37. The highest BCUT2D eigenvalue weighted by Gasteiger charge is 2.35. The predicted molar refractivity (Wildman–Crippen MR) is 142 cm³/mol. The van der Waals surface area contributed by atoms with Crippen molar-refractivity contribution < 1.29 is 19.0 Å². The Morgan fingerprint density at radius 2 is 1.79 bits per heavy atom. The smallest absolute Gasteiger partial charge is 0.309 e. The molecule has 0 spiro atoms. The summed E-state index contributed by atoms with van der Waals surface area (Å²) in [5, 5.41) is 3.67. The maximum absolute atomic E-state index is 12.1. The van der Waals surface area contributed by atoms with Crippen LogP contribution in [0, 0.1) is 5.92 Å². The van der Waals surface area contributed by atoms with Gasteiger partial charge in [-0.05, 0) is 50.3 Å². The van der Waals surface area contributed by atoms with Gasteiger partial charge < -0.3 is 24.4 Å². The summed E-state index contributed by atoms with van der Waals surface area (Å²) in [6, 6.07) is 6.33. The third-order valence-electron chi connectivity index (χ3n) is 7.02. The molecule has 0 radical (unpaired) electrons. The largest absolute Gasteiger partial charge is 0.493 e. The van der Waals surface area contributed by atoms with Gasteiger partial charge in [-0.25, -0.2) is 0 Å². The first-order valence-electron chi connectivity index (χ1n) is 11.9. The summed E-state index contributed by atoms with van der Waals surface area (Å²) in [4.78, 5) is 18.9. The Labute approximate surface area is 215 Å². The number of rotatable bonds is 7. The summed E-state index contributed by atoms with van der Waals surface area (Å²) >= 11 is 0. The Balaban J connectivity index is 0.00000385. The highest BCUT2D eigenvalue weighted by atomic mass is 127. The second-order valence-corrected chi connectivity index (χ2v) is 8.82. The molecule has 1 aromatic carbocycles. The van der Waals surface area contributed by atoms with E-state index in [1.807, 2.05) is 20.0 Å². The summed E-state index contributed by atoms with van der Waals surface area (Å²) in [5.41, 5.74) is 1.33. The molecule has 2 aliphatic rings. The first-order valence-corrected chi connectivity index (χ1v) is 11.9. The molecular weight excluding hydrogens is 533 g/mol. The van der Waals surface area contributed by atoms with Gasteiger partial charge in [0.15, 0.2) is 17.5 Å². The molecule has 1 aliphatic carbocycles. The number of likely N-dealkylation sites (tertiary alicyclic amines) is 1. The van der Waals surface area contributed by atoms with Crippen LogP contribution < -0.4 is 14.8 Å². The van der Waals surface area contributed by atoms with E-state index in [1.54, 1.807) is 14.2 Å². The summed E-state index contributed by atoms with van der Waals surface area (Å²) < 4.78 is 16.2. The van der Waals surface area contributed by atoms with Crippen molar-refractivity contribution in [1.29, 1.82) is 0 Å². The molecule has 1 saturated heterocycles. The second-order valence-electron chi connectivity index (χ2n) is 8.82. The quantitative estimate of drug-likeness (QED) is 0.226. The number of guanidine groups is 1. The van der Waals surface area contributed by atoms with Crippen LogP contribution >= 0.6 is 24.0 Å². The average molecular weight is 574 g/mol. The number of ether oxygens (including phenoxy) is 3. The number of methoxy groups -OCH3 is 2. The van der Waals surface area contributed by atoms with Crippen LogP contribution in [-0.2, 0) is 14.9 Å². The van der Waals surface area contributed by atoms with Gasteiger partial charge in [-0.1, -0.05) is 25.3 Å². The van der Waals surface area contributed by atoms with Gasteiger partial charge in [0.25, 0.3) is 0 Å². The lowest BCUT2D eigenvalue weighted by Gasteiger charge is -2.40. The number of aliphatic imine (C=N–C) groups is 1. The normalized spacial score (nSPS) is 18.8. The lowest BCUT2D eigenvalue weighted by atomic mass is 9.69. The SMILES string of the molecule is CCOC(=O)C1CCN(C(=NC)NCC2(c3ccc(OC)c(OC)c3)CCCCC2)CC1.I. The van der Waals surface area contributed by atoms with Crippen LogP contribution in [0.15, 0.2) is 23.2 Å². The van der Waals surface area contributed by atoms with Crippen molar-refractivity contribution in [3.05, 3.63) is 23.8 Å². The monoisotopic (exact) mass is 573 g/mol. The van der Waals surface area contributed by atoms with Crippen LogP contribution in [-0.4, -0.2) is 64.3 Å². The summed E-state index contributed by atoms with van der Waals surface area (Å²) in [6.07, 6.45) is 7.61. The Morgan fingerprint density at radius 3 is 2.36 bits per heavy atom. The van der Waals surface area contributed by atoms with Gasteiger partial charge in [-0.3, -0.25) is 9.79 Å². The Hall–Kier alpha value is -1.71. The minimum Gasteiger partial charge on any atom is -0.493 e. The van der Waals surface area contributed by atoms with E-state index >= 15 is 0 Å². The van der Waals surface area contributed by atoms with E-state index in [4.69, 9.17) is 14.2 Å². The van der Waals surface area contributed by atoms with E-state index in [0.717, 1.165) is 62.8 Å². The van der Waals surface area contributed by atoms with Gasteiger partial charge in [0.05, 0.1) is 26.7 Å². The molecule has 8 heteroatoms. The van der Waals surface area contributed by atoms with Crippen LogP contribution in [0.2, 0.25) is 0 Å². The zero-order valence-electron chi connectivity index (χ0n) is 20.5. The van der Waals surface area contributed by atoms with Crippen LogP contribution in [0.25, 0.3) is 0 Å². The number of esters is 1. The molecule has 1 saturated carbocycles. The minimum absolute atomic E-state index is 0. The van der Waals surface area contributed by atoms with Gasteiger partial charge in [0, 0.05) is 32.1 Å². The van der Waals surface area contributed by atoms with Gasteiger partial charge >= 0.3 is 5.97 Å². The molecule has 33 heavy (non-hydrogen) atoms. The zero-order chi connectivity index (χ0) is 23.0. The molecule has 0 amide bonds. The number of halogens is 1. The van der Waals surface area contributed by atoms with E-state index in [-0.39, 0.29) is 41.3 Å². The minimum atomic E-state index is -0.0651. The number of hydrogen-bond donors (Lipinski definition) is 1. The first kappa shape index (κ1) is 27.5. The Morgan fingerprint density at radius 1 is 1.12 bits per heavy atom. The molecule has 186 valence electrons. The standard InChI is InChI=1S/C25H39N3O4.HI/c1-5-32-23(29)19-11-15-28(16-12-19)24(26-2)27-18-25(13-7-6-8-14-25)20-9-10-21(30-3)22(17-20)31-4;/h9-10,17,19H,5-8,11-16,18H2,1-4H3,(H,26,27);1H. The first-order chi connectivity index (χ1) is 15.6. The lowest BCUT2D eigenvalue weighted by Crippen LogP contribution is -2.50. The second kappa shape index (κ2) is 13.2. The topological polar surface area (TPSA) is 72.4 Å². The van der Waals surface area contributed by atoms with Crippen molar-refractivity contribution in [1.82, 2.24) is 10.2 Å². The fourth-order valence-electron chi connectivity index (χ4n) is 5.13.